The second kappa shape index (κ2) is 12.9. The summed E-state index contributed by atoms with van der Waals surface area (Å²) in [6, 6.07) is 11.1. The Morgan fingerprint density at radius 2 is 1.38 bits per heavy atom. The van der Waals surface area contributed by atoms with Crippen molar-refractivity contribution in [3.05, 3.63) is 87.2 Å². The quantitative estimate of drug-likeness (QED) is 0.295. The number of nitrogens with one attached hydrogen (secondary N) is 1. The smallest absolute Gasteiger partial charge is 0.199 e. The number of ether oxygens (including phenoxy) is 2. The van der Waals surface area contributed by atoms with Gasteiger partial charge in [0.25, 0.3) is 0 Å². The number of hydrogen-bond acceptors (Lipinski definition) is 3. The fourth-order valence-corrected chi connectivity index (χ4v) is 4.32. The first-order valence-corrected chi connectivity index (χ1v) is 13.8. The number of hydrogen-bond donors (Lipinski definition) is 1. The van der Waals surface area contributed by atoms with Crippen LogP contribution in [0.1, 0.15) is 95.7 Å². The molecule has 0 saturated heterocycles. The molecule has 0 amide bonds. The molecule has 0 fully saturated rings. The first-order chi connectivity index (χ1) is 18.6. The minimum absolute atomic E-state index is 0.0974. The monoisotopic (exact) mass is 555 g/mol. The van der Waals surface area contributed by atoms with Crippen molar-refractivity contribution in [3.8, 4) is 17.2 Å². The molecule has 0 aliphatic rings. The Hall–Kier alpha value is -3.28. The number of para-hydroxylation sites is 1. The van der Waals surface area contributed by atoms with Crippen molar-refractivity contribution >= 4 is 6.21 Å². The molecule has 0 aliphatic carbocycles. The van der Waals surface area contributed by atoms with E-state index in [4.69, 9.17) is 14.9 Å². The summed E-state index contributed by atoms with van der Waals surface area (Å²) in [4.78, 5) is 0. The van der Waals surface area contributed by atoms with Gasteiger partial charge in [-0.15, -0.1) is 0 Å². The lowest BCUT2D eigenvalue weighted by atomic mass is 9.79. The lowest BCUT2D eigenvalue weighted by Gasteiger charge is -2.30. The van der Waals surface area contributed by atoms with Crippen LogP contribution in [0.25, 0.3) is 0 Å². The zero-order valence-corrected chi connectivity index (χ0v) is 25.8. The van der Waals surface area contributed by atoms with Gasteiger partial charge in [0.15, 0.2) is 17.4 Å². The van der Waals surface area contributed by atoms with E-state index in [9.17, 15) is 13.2 Å². The predicted molar refractivity (Wildman–Crippen MR) is 159 cm³/mol. The highest BCUT2D eigenvalue weighted by atomic mass is 19.1. The zero-order chi connectivity index (χ0) is 30.6. The van der Waals surface area contributed by atoms with Crippen LogP contribution in [0, 0.1) is 36.7 Å². The first-order valence-electron chi connectivity index (χ1n) is 13.8. The van der Waals surface area contributed by atoms with E-state index in [1.54, 1.807) is 18.2 Å². The van der Waals surface area contributed by atoms with E-state index in [0.717, 1.165) is 11.1 Å². The molecule has 0 heterocycles. The van der Waals surface area contributed by atoms with Gasteiger partial charge in [0.1, 0.15) is 23.4 Å². The average molecular weight is 556 g/mol. The molecule has 40 heavy (non-hydrogen) atoms. The van der Waals surface area contributed by atoms with E-state index in [1.165, 1.54) is 20.1 Å². The van der Waals surface area contributed by atoms with Crippen molar-refractivity contribution in [1.82, 2.24) is 0 Å². The maximum absolute atomic E-state index is 14.8. The van der Waals surface area contributed by atoms with E-state index >= 15 is 0 Å². The van der Waals surface area contributed by atoms with Gasteiger partial charge < -0.3 is 14.9 Å². The average Bonchev–Trinajstić information content (AvgIpc) is 2.89. The molecule has 3 nitrogen and oxygen atoms in total. The molecule has 1 N–H and O–H groups in total. The Balaban J connectivity index is 0.00000274. The van der Waals surface area contributed by atoms with Gasteiger partial charge in [0.2, 0.25) is 0 Å². The van der Waals surface area contributed by atoms with Gasteiger partial charge in [-0.2, -0.15) is 0 Å². The third-order valence-corrected chi connectivity index (χ3v) is 6.67. The number of benzene rings is 3. The number of rotatable bonds is 7. The highest BCUT2D eigenvalue weighted by Gasteiger charge is 2.27. The van der Waals surface area contributed by atoms with Crippen LogP contribution in [0.2, 0.25) is 0 Å². The standard InChI is InChI=1S/C32H38F3NO2.C2H6/c1-18(37-29-22(17-36)15-23(31(4,5)6)16-24(29)32(7,8)9)14-21-12-10-11-13-25(21)38-30-27(34)19(2)26(33)20(3)28(30)35;1-2/h10-13,15-18,36H,14H2,1-9H3;1-2H3/t18-;/m0./s1. The minimum Gasteiger partial charge on any atom is -0.489 e. The summed E-state index contributed by atoms with van der Waals surface area (Å²) in [5.74, 6) is -2.76. The Labute approximate surface area is 238 Å². The highest BCUT2D eigenvalue weighted by Crippen LogP contribution is 2.39. The maximum Gasteiger partial charge on any atom is 0.199 e. The van der Waals surface area contributed by atoms with Gasteiger partial charge in [0, 0.05) is 34.9 Å². The Morgan fingerprint density at radius 3 is 1.88 bits per heavy atom. The van der Waals surface area contributed by atoms with Crippen molar-refractivity contribution in [3.63, 3.8) is 0 Å². The number of halogens is 3. The molecular weight excluding hydrogens is 511 g/mol. The molecule has 6 heteroatoms. The summed E-state index contributed by atoms with van der Waals surface area (Å²) < 4.78 is 55.9. The van der Waals surface area contributed by atoms with Crippen molar-refractivity contribution in [2.75, 3.05) is 0 Å². The topological polar surface area (TPSA) is 42.3 Å². The fourth-order valence-electron chi connectivity index (χ4n) is 4.32. The van der Waals surface area contributed by atoms with Crippen LogP contribution >= 0.6 is 0 Å². The van der Waals surface area contributed by atoms with Crippen molar-refractivity contribution in [2.24, 2.45) is 0 Å². The molecule has 0 spiro atoms. The second-order valence-corrected chi connectivity index (χ2v) is 11.9. The normalized spacial score (nSPS) is 12.3. The summed E-state index contributed by atoms with van der Waals surface area (Å²) in [5.41, 5.74) is 2.58. The summed E-state index contributed by atoms with van der Waals surface area (Å²) in [6.45, 7) is 21.2. The largest absolute Gasteiger partial charge is 0.489 e. The SMILES string of the molecule is CC.Cc1c(F)c(C)c(F)c(Oc2ccccc2C[C@H](C)Oc2c(C=N)cc(C(C)(C)C)cc2C(C)(C)C)c1F. The lowest BCUT2D eigenvalue weighted by molar-refractivity contribution is 0.215. The molecule has 0 unspecified atom stereocenters. The second-order valence-electron chi connectivity index (χ2n) is 11.9. The zero-order valence-electron chi connectivity index (χ0n) is 25.8. The predicted octanol–water partition coefficient (Wildman–Crippen LogP) is 10.1. The molecular formula is C34H44F3NO2. The van der Waals surface area contributed by atoms with E-state index in [-0.39, 0.29) is 33.8 Å². The molecule has 3 aromatic rings. The molecule has 0 aromatic heterocycles. The van der Waals surface area contributed by atoms with Crippen LogP contribution in [-0.2, 0) is 17.3 Å². The minimum atomic E-state index is -1.06. The van der Waals surface area contributed by atoms with E-state index in [1.807, 2.05) is 32.9 Å². The van der Waals surface area contributed by atoms with Gasteiger partial charge in [-0.1, -0.05) is 79.7 Å². The summed E-state index contributed by atoms with van der Waals surface area (Å²) in [5, 5.41) is 8.08. The van der Waals surface area contributed by atoms with Crippen molar-refractivity contribution < 1.29 is 22.6 Å². The Bertz CT molecular complexity index is 1320. The van der Waals surface area contributed by atoms with Gasteiger partial charge in [-0.3, -0.25) is 0 Å². The van der Waals surface area contributed by atoms with E-state index in [2.05, 4.69) is 47.6 Å². The maximum atomic E-state index is 14.8. The van der Waals surface area contributed by atoms with Gasteiger partial charge >= 0.3 is 0 Å². The molecule has 0 radical (unpaired) electrons. The van der Waals surface area contributed by atoms with Crippen LogP contribution in [0.4, 0.5) is 13.2 Å². The first kappa shape index (κ1) is 32.9. The van der Waals surface area contributed by atoms with Gasteiger partial charge in [-0.05, 0) is 54.9 Å². The summed E-state index contributed by atoms with van der Waals surface area (Å²) in [7, 11) is 0. The third-order valence-electron chi connectivity index (χ3n) is 6.67. The van der Waals surface area contributed by atoms with Gasteiger partial charge in [-0.25, -0.2) is 13.2 Å². The van der Waals surface area contributed by atoms with Crippen LogP contribution in [-0.4, -0.2) is 12.3 Å². The molecule has 0 saturated carbocycles. The molecule has 0 aliphatic heterocycles. The summed E-state index contributed by atoms with van der Waals surface area (Å²) in [6.07, 6.45) is 1.33. The fraction of sp³-hybridized carbons (Fsp3) is 0.441. The Morgan fingerprint density at radius 1 is 0.825 bits per heavy atom. The van der Waals surface area contributed by atoms with Crippen LogP contribution in [0.5, 0.6) is 17.2 Å². The molecule has 218 valence electrons. The molecule has 3 rings (SSSR count). The molecule has 3 aromatic carbocycles. The van der Waals surface area contributed by atoms with Crippen molar-refractivity contribution in [2.45, 2.75) is 99.5 Å². The van der Waals surface area contributed by atoms with Gasteiger partial charge in [0.05, 0.1) is 0 Å². The summed E-state index contributed by atoms with van der Waals surface area (Å²) >= 11 is 0. The Kier molecular flexibility index (Phi) is 10.6. The molecule has 0 bridgehead atoms. The lowest BCUT2D eigenvalue weighted by Crippen LogP contribution is -2.23. The van der Waals surface area contributed by atoms with Crippen molar-refractivity contribution in [1.29, 1.82) is 5.41 Å². The highest BCUT2D eigenvalue weighted by molar-refractivity contribution is 5.83. The third kappa shape index (κ3) is 7.26. The van der Waals surface area contributed by atoms with E-state index < -0.39 is 23.2 Å². The van der Waals surface area contributed by atoms with Crippen LogP contribution in [0.3, 0.4) is 0 Å². The molecule has 1 atom stereocenters. The van der Waals surface area contributed by atoms with Crippen LogP contribution < -0.4 is 9.47 Å². The van der Waals surface area contributed by atoms with Crippen LogP contribution in [0.15, 0.2) is 36.4 Å². The van der Waals surface area contributed by atoms with E-state index in [0.29, 0.717) is 23.3 Å².